The molecule has 1 amide bonds. The first-order valence-corrected chi connectivity index (χ1v) is 6.68. The molecule has 1 aliphatic rings. The molecule has 0 spiro atoms. The molecular formula is C13H18ClN3O. The van der Waals surface area contributed by atoms with Crippen molar-refractivity contribution in [1.82, 2.24) is 9.88 Å². The number of nitrogens with zero attached hydrogens (tertiary/aromatic N) is 2. The van der Waals surface area contributed by atoms with Crippen molar-refractivity contribution in [3.05, 3.63) is 22.8 Å². The molecule has 1 aromatic rings. The van der Waals surface area contributed by atoms with Gasteiger partial charge in [-0.1, -0.05) is 18.5 Å². The minimum Gasteiger partial charge on any atom is -0.370 e. The highest BCUT2D eigenvalue weighted by atomic mass is 35.5. The van der Waals surface area contributed by atoms with E-state index in [1.54, 1.807) is 6.07 Å². The molecule has 1 fully saturated rings. The first kappa shape index (κ1) is 13.1. The minimum absolute atomic E-state index is 0.00547. The molecule has 5 heteroatoms. The predicted molar refractivity (Wildman–Crippen MR) is 73.1 cm³/mol. The normalized spacial score (nSPS) is 19.1. The van der Waals surface area contributed by atoms with Gasteiger partial charge >= 0.3 is 0 Å². The van der Waals surface area contributed by atoms with E-state index in [4.69, 9.17) is 11.6 Å². The van der Waals surface area contributed by atoms with E-state index < -0.39 is 0 Å². The number of likely N-dealkylation sites (tertiary alicyclic amines) is 1. The van der Waals surface area contributed by atoms with Crippen LogP contribution in [-0.4, -0.2) is 35.4 Å². The van der Waals surface area contributed by atoms with Gasteiger partial charge in [-0.2, -0.15) is 0 Å². The molecular weight excluding hydrogens is 250 g/mol. The molecule has 1 unspecified atom stereocenters. The van der Waals surface area contributed by atoms with Crippen LogP contribution in [0.3, 0.4) is 0 Å². The van der Waals surface area contributed by atoms with Gasteiger partial charge in [0.05, 0.1) is 10.6 Å². The summed E-state index contributed by atoms with van der Waals surface area (Å²) in [4.78, 5) is 18.4. The zero-order chi connectivity index (χ0) is 13.1. The quantitative estimate of drug-likeness (QED) is 0.916. The second-order valence-corrected chi connectivity index (χ2v) is 5.13. The van der Waals surface area contributed by atoms with Crippen molar-refractivity contribution >= 4 is 23.3 Å². The zero-order valence-electron chi connectivity index (χ0n) is 10.7. The predicted octanol–water partition coefficient (Wildman–Crippen LogP) is 2.65. The van der Waals surface area contributed by atoms with Crippen LogP contribution in [0.25, 0.3) is 0 Å². The van der Waals surface area contributed by atoms with Crippen LogP contribution in [0.15, 0.2) is 12.3 Å². The number of rotatable bonds is 3. The summed E-state index contributed by atoms with van der Waals surface area (Å²) in [6.07, 6.45) is 2.60. The van der Waals surface area contributed by atoms with Crippen LogP contribution in [0, 0.1) is 5.92 Å². The van der Waals surface area contributed by atoms with E-state index in [1.165, 1.54) is 6.20 Å². The van der Waals surface area contributed by atoms with Crippen LogP contribution >= 0.6 is 11.6 Å². The van der Waals surface area contributed by atoms with E-state index in [0.717, 1.165) is 26.1 Å². The number of aromatic nitrogens is 1. The van der Waals surface area contributed by atoms with Crippen molar-refractivity contribution in [2.45, 2.75) is 20.3 Å². The molecule has 2 heterocycles. The third-order valence-corrected chi connectivity index (χ3v) is 3.46. The molecule has 0 aliphatic carbocycles. The van der Waals surface area contributed by atoms with Gasteiger partial charge in [0.15, 0.2) is 0 Å². The molecule has 1 atom stereocenters. The van der Waals surface area contributed by atoms with Gasteiger partial charge in [-0.25, -0.2) is 4.98 Å². The first-order valence-electron chi connectivity index (χ1n) is 6.30. The van der Waals surface area contributed by atoms with Gasteiger partial charge in [0.25, 0.3) is 5.91 Å². The van der Waals surface area contributed by atoms with E-state index in [1.807, 2.05) is 11.8 Å². The van der Waals surface area contributed by atoms with Gasteiger partial charge in [0.1, 0.15) is 5.82 Å². The summed E-state index contributed by atoms with van der Waals surface area (Å²) in [5.74, 6) is 1.27. The molecule has 2 rings (SSSR count). The van der Waals surface area contributed by atoms with Gasteiger partial charge < -0.3 is 10.2 Å². The van der Waals surface area contributed by atoms with E-state index >= 15 is 0 Å². The Labute approximate surface area is 112 Å². The number of amides is 1. The van der Waals surface area contributed by atoms with Crippen LogP contribution < -0.4 is 5.32 Å². The van der Waals surface area contributed by atoms with Crippen molar-refractivity contribution in [2.24, 2.45) is 5.92 Å². The maximum Gasteiger partial charge on any atom is 0.255 e. The van der Waals surface area contributed by atoms with E-state index in [-0.39, 0.29) is 5.91 Å². The fourth-order valence-corrected chi connectivity index (χ4v) is 2.35. The molecule has 1 N–H and O–H groups in total. The molecule has 98 valence electrons. The van der Waals surface area contributed by atoms with Gasteiger partial charge in [0.2, 0.25) is 0 Å². The number of carbonyl (C=O) groups excluding carboxylic acids is 1. The summed E-state index contributed by atoms with van der Waals surface area (Å²) in [5, 5.41) is 3.51. The number of hydrogen-bond donors (Lipinski definition) is 1. The standard InChI is InChI=1S/C13H18ClN3O/c1-3-15-12-6-10(11(14)7-16-12)13(18)17-5-4-9(2)8-17/h6-7,9H,3-5,8H2,1-2H3,(H,15,16). The number of hydrogen-bond acceptors (Lipinski definition) is 3. The van der Waals surface area contributed by atoms with Gasteiger partial charge in [-0.3, -0.25) is 4.79 Å². The Bertz CT molecular complexity index is 450. The molecule has 1 aromatic heterocycles. The maximum atomic E-state index is 12.4. The molecule has 18 heavy (non-hydrogen) atoms. The Morgan fingerprint density at radius 3 is 3.06 bits per heavy atom. The van der Waals surface area contributed by atoms with Crippen molar-refractivity contribution < 1.29 is 4.79 Å². The monoisotopic (exact) mass is 267 g/mol. The lowest BCUT2D eigenvalue weighted by Gasteiger charge is -2.17. The van der Waals surface area contributed by atoms with Gasteiger partial charge in [-0.05, 0) is 25.3 Å². The van der Waals surface area contributed by atoms with Gasteiger partial charge in [0, 0.05) is 25.8 Å². The van der Waals surface area contributed by atoms with Crippen molar-refractivity contribution in [3.63, 3.8) is 0 Å². The molecule has 1 saturated heterocycles. The smallest absolute Gasteiger partial charge is 0.255 e. The average Bonchev–Trinajstić information content (AvgIpc) is 2.78. The number of anilines is 1. The second-order valence-electron chi connectivity index (χ2n) is 4.72. The lowest BCUT2D eigenvalue weighted by Crippen LogP contribution is -2.28. The van der Waals surface area contributed by atoms with Crippen LogP contribution in [0.4, 0.5) is 5.82 Å². The summed E-state index contributed by atoms with van der Waals surface area (Å²) in [6, 6.07) is 1.73. The third kappa shape index (κ3) is 2.75. The highest BCUT2D eigenvalue weighted by molar-refractivity contribution is 6.33. The van der Waals surface area contributed by atoms with Crippen LogP contribution in [0.2, 0.25) is 5.02 Å². The Morgan fingerprint density at radius 2 is 2.44 bits per heavy atom. The molecule has 0 saturated carbocycles. The lowest BCUT2D eigenvalue weighted by atomic mass is 10.2. The van der Waals surface area contributed by atoms with Gasteiger partial charge in [-0.15, -0.1) is 0 Å². The number of carbonyl (C=O) groups is 1. The highest BCUT2D eigenvalue weighted by Crippen LogP contribution is 2.23. The van der Waals surface area contributed by atoms with Crippen molar-refractivity contribution in [2.75, 3.05) is 25.0 Å². The lowest BCUT2D eigenvalue weighted by molar-refractivity contribution is 0.0788. The largest absolute Gasteiger partial charge is 0.370 e. The van der Waals surface area contributed by atoms with E-state index in [9.17, 15) is 4.79 Å². The zero-order valence-corrected chi connectivity index (χ0v) is 11.5. The second kappa shape index (κ2) is 5.57. The summed E-state index contributed by atoms with van der Waals surface area (Å²) in [7, 11) is 0. The van der Waals surface area contributed by atoms with Crippen LogP contribution in [0.5, 0.6) is 0 Å². The summed E-state index contributed by atoms with van der Waals surface area (Å²) < 4.78 is 0. The third-order valence-electron chi connectivity index (χ3n) is 3.15. The summed E-state index contributed by atoms with van der Waals surface area (Å²) in [5.41, 5.74) is 0.539. The summed E-state index contributed by atoms with van der Waals surface area (Å²) in [6.45, 7) is 6.54. The molecule has 0 radical (unpaired) electrons. The van der Waals surface area contributed by atoms with Crippen molar-refractivity contribution in [3.8, 4) is 0 Å². The Hall–Kier alpha value is -1.29. The Morgan fingerprint density at radius 1 is 1.67 bits per heavy atom. The number of pyridine rings is 1. The molecule has 1 aliphatic heterocycles. The minimum atomic E-state index is 0.00547. The Balaban J connectivity index is 2.21. The fraction of sp³-hybridized carbons (Fsp3) is 0.538. The molecule has 0 bridgehead atoms. The average molecular weight is 268 g/mol. The van der Waals surface area contributed by atoms with E-state index in [0.29, 0.717) is 22.3 Å². The van der Waals surface area contributed by atoms with Crippen molar-refractivity contribution in [1.29, 1.82) is 0 Å². The number of halogens is 1. The summed E-state index contributed by atoms with van der Waals surface area (Å²) >= 11 is 6.07. The number of nitrogens with one attached hydrogen (secondary N) is 1. The molecule has 0 aromatic carbocycles. The Kier molecular flexibility index (Phi) is 4.07. The molecule has 4 nitrogen and oxygen atoms in total. The van der Waals surface area contributed by atoms with Crippen LogP contribution in [0.1, 0.15) is 30.6 Å². The maximum absolute atomic E-state index is 12.4. The fourth-order valence-electron chi connectivity index (χ4n) is 2.17. The topological polar surface area (TPSA) is 45.2 Å². The SMILES string of the molecule is CCNc1cc(C(=O)N2CCC(C)C2)c(Cl)cn1. The van der Waals surface area contributed by atoms with E-state index in [2.05, 4.69) is 17.2 Å². The van der Waals surface area contributed by atoms with Crippen LogP contribution in [-0.2, 0) is 0 Å². The first-order chi connectivity index (χ1) is 8.61. The highest BCUT2D eigenvalue weighted by Gasteiger charge is 2.25.